The summed E-state index contributed by atoms with van der Waals surface area (Å²) in [6, 6.07) is 13.5. The maximum absolute atomic E-state index is 12.3. The molecule has 6 nitrogen and oxygen atoms in total. The van der Waals surface area contributed by atoms with Crippen LogP contribution in [0.5, 0.6) is 11.5 Å². The van der Waals surface area contributed by atoms with Crippen molar-refractivity contribution in [3.8, 4) is 11.5 Å². The fourth-order valence-electron chi connectivity index (χ4n) is 2.68. The first-order valence-corrected chi connectivity index (χ1v) is 7.90. The van der Waals surface area contributed by atoms with Crippen LogP contribution < -0.4 is 20.2 Å². The van der Waals surface area contributed by atoms with Crippen LogP contribution in [0.2, 0.25) is 0 Å². The summed E-state index contributed by atoms with van der Waals surface area (Å²) in [4.78, 5) is 24.4. The highest BCUT2D eigenvalue weighted by Gasteiger charge is 2.14. The van der Waals surface area contributed by atoms with E-state index in [0.29, 0.717) is 35.7 Å². The zero-order chi connectivity index (χ0) is 17.2. The average molecular weight is 337 g/mol. The van der Waals surface area contributed by atoms with Gasteiger partial charge in [0.05, 0.1) is 5.39 Å². The number of hydrogen-bond donors (Lipinski definition) is 1. The Bertz CT molecular complexity index is 1010. The Morgan fingerprint density at radius 1 is 1.00 bits per heavy atom. The monoisotopic (exact) mass is 337 g/mol. The molecule has 126 valence electrons. The molecule has 1 amide bonds. The Labute approximate surface area is 143 Å². The highest BCUT2D eigenvalue weighted by Crippen LogP contribution is 2.30. The van der Waals surface area contributed by atoms with Crippen molar-refractivity contribution in [2.75, 3.05) is 13.2 Å². The van der Waals surface area contributed by atoms with Gasteiger partial charge in [-0.2, -0.15) is 0 Å². The van der Waals surface area contributed by atoms with Crippen LogP contribution in [0.3, 0.4) is 0 Å². The summed E-state index contributed by atoms with van der Waals surface area (Å²) in [5.41, 5.74) is 1.01. The number of carbonyl (C=O) groups excluding carboxylic acids is 1. The average Bonchev–Trinajstić information content (AvgIpc) is 2.66. The molecule has 1 aliphatic heterocycles. The molecule has 0 spiro atoms. The molecule has 3 aromatic rings. The van der Waals surface area contributed by atoms with Gasteiger partial charge < -0.3 is 19.2 Å². The molecule has 0 radical (unpaired) electrons. The fourth-order valence-corrected chi connectivity index (χ4v) is 2.68. The molecule has 1 aromatic heterocycles. The molecule has 25 heavy (non-hydrogen) atoms. The van der Waals surface area contributed by atoms with Gasteiger partial charge >= 0.3 is 0 Å². The SMILES string of the molecule is O=C(NCc1ccc2c(c1)OCCO2)c1cc(=O)c2ccccc2o1. The maximum Gasteiger partial charge on any atom is 0.287 e. The summed E-state index contributed by atoms with van der Waals surface area (Å²) in [6.45, 7) is 1.32. The first-order chi connectivity index (χ1) is 12.2. The minimum atomic E-state index is -0.447. The molecule has 1 N–H and O–H groups in total. The summed E-state index contributed by atoms with van der Waals surface area (Å²) >= 11 is 0. The van der Waals surface area contributed by atoms with Crippen LogP contribution in [0.15, 0.2) is 57.7 Å². The number of benzene rings is 2. The highest BCUT2D eigenvalue weighted by atomic mass is 16.6. The third kappa shape index (κ3) is 3.06. The summed E-state index contributed by atoms with van der Waals surface area (Å²) in [5.74, 6) is 0.899. The molecule has 6 heteroatoms. The lowest BCUT2D eigenvalue weighted by molar-refractivity contribution is 0.0923. The molecule has 0 saturated heterocycles. The summed E-state index contributed by atoms with van der Waals surface area (Å²) < 4.78 is 16.5. The van der Waals surface area contributed by atoms with Crippen molar-refractivity contribution in [2.24, 2.45) is 0 Å². The van der Waals surface area contributed by atoms with E-state index in [1.54, 1.807) is 24.3 Å². The number of rotatable bonds is 3. The van der Waals surface area contributed by atoms with E-state index >= 15 is 0 Å². The first-order valence-electron chi connectivity index (χ1n) is 7.90. The van der Waals surface area contributed by atoms with Crippen molar-refractivity contribution in [1.29, 1.82) is 0 Å². The minimum Gasteiger partial charge on any atom is -0.486 e. The van der Waals surface area contributed by atoms with Crippen molar-refractivity contribution in [3.05, 3.63) is 70.1 Å². The lowest BCUT2D eigenvalue weighted by Gasteiger charge is -2.18. The van der Waals surface area contributed by atoms with Crippen LogP contribution >= 0.6 is 0 Å². The van der Waals surface area contributed by atoms with E-state index < -0.39 is 5.91 Å². The fraction of sp³-hybridized carbons (Fsp3) is 0.158. The summed E-state index contributed by atoms with van der Waals surface area (Å²) in [5, 5.41) is 3.20. The van der Waals surface area contributed by atoms with E-state index in [0.717, 1.165) is 5.56 Å². The predicted octanol–water partition coefficient (Wildman–Crippen LogP) is 2.49. The molecule has 0 atom stereocenters. The standard InChI is InChI=1S/C19H15NO5/c21-14-10-18(25-15-4-2-1-3-13(14)15)19(22)20-11-12-5-6-16-17(9-12)24-8-7-23-16/h1-6,9-10H,7-8,11H2,(H,20,22). The van der Waals surface area contributed by atoms with E-state index in [4.69, 9.17) is 13.9 Å². The molecule has 0 unspecified atom stereocenters. The Kier molecular flexibility index (Phi) is 3.85. The van der Waals surface area contributed by atoms with Crippen LogP contribution in [-0.4, -0.2) is 19.1 Å². The van der Waals surface area contributed by atoms with Crippen LogP contribution in [-0.2, 0) is 6.54 Å². The van der Waals surface area contributed by atoms with Gasteiger partial charge in [-0.1, -0.05) is 18.2 Å². The van der Waals surface area contributed by atoms with Crippen LogP contribution in [0.1, 0.15) is 16.1 Å². The van der Waals surface area contributed by atoms with Gasteiger partial charge in [0.1, 0.15) is 18.8 Å². The van der Waals surface area contributed by atoms with Gasteiger partial charge in [0.15, 0.2) is 22.7 Å². The smallest absolute Gasteiger partial charge is 0.287 e. The van der Waals surface area contributed by atoms with Crippen molar-refractivity contribution in [3.63, 3.8) is 0 Å². The largest absolute Gasteiger partial charge is 0.486 e. The lowest BCUT2D eigenvalue weighted by Crippen LogP contribution is -2.24. The number of nitrogens with one attached hydrogen (secondary N) is 1. The molecule has 2 heterocycles. The number of para-hydroxylation sites is 1. The maximum atomic E-state index is 12.3. The highest BCUT2D eigenvalue weighted by molar-refractivity contribution is 5.93. The second kappa shape index (κ2) is 6.32. The molecule has 2 aromatic carbocycles. The van der Waals surface area contributed by atoms with Gasteiger partial charge in [-0.3, -0.25) is 9.59 Å². The number of hydrogen-bond acceptors (Lipinski definition) is 5. The van der Waals surface area contributed by atoms with Crippen LogP contribution in [0, 0.1) is 0 Å². The second-order valence-electron chi connectivity index (χ2n) is 5.63. The van der Waals surface area contributed by atoms with Crippen molar-refractivity contribution < 1.29 is 18.7 Å². The Balaban J connectivity index is 1.52. The lowest BCUT2D eigenvalue weighted by atomic mass is 10.2. The molecule has 0 fully saturated rings. The van der Waals surface area contributed by atoms with Gasteiger partial charge in [-0.05, 0) is 29.8 Å². The van der Waals surface area contributed by atoms with Crippen LogP contribution in [0.4, 0.5) is 0 Å². The van der Waals surface area contributed by atoms with Crippen molar-refractivity contribution >= 4 is 16.9 Å². The van der Waals surface area contributed by atoms with Gasteiger partial charge in [0, 0.05) is 12.6 Å². The normalized spacial score (nSPS) is 12.8. The summed E-state index contributed by atoms with van der Waals surface area (Å²) in [6.07, 6.45) is 0. The molecular formula is C19H15NO5. The summed E-state index contributed by atoms with van der Waals surface area (Å²) in [7, 11) is 0. The Hall–Kier alpha value is -3.28. The minimum absolute atomic E-state index is 0.0127. The number of fused-ring (bicyclic) bond motifs is 2. The van der Waals surface area contributed by atoms with E-state index in [1.807, 2.05) is 18.2 Å². The zero-order valence-electron chi connectivity index (χ0n) is 13.3. The third-order valence-corrected chi connectivity index (χ3v) is 3.92. The molecule has 1 aliphatic rings. The number of carbonyl (C=O) groups is 1. The quantitative estimate of drug-likeness (QED) is 0.794. The van der Waals surface area contributed by atoms with Gasteiger partial charge in [-0.25, -0.2) is 0 Å². The topological polar surface area (TPSA) is 77.8 Å². The van der Waals surface area contributed by atoms with E-state index in [-0.39, 0.29) is 17.7 Å². The van der Waals surface area contributed by atoms with Gasteiger partial charge in [-0.15, -0.1) is 0 Å². The van der Waals surface area contributed by atoms with E-state index in [2.05, 4.69) is 5.32 Å². The molecular weight excluding hydrogens is 322 g/mol. The zero-order valence-corrected chi connectivity index (χ0v) is 13.3. The second-order valence-corrected chi connectivity index (χ2v) is 5.63. The van der Waals surface area contributed by atoms with Crippen LogP contribution in [0.25, 0.3) is 11.0 Å². The van der Waals surface area contributed by atoms with E-state index in [9.17, 15) is 9.59 Å². The van der Waals surface area contributed by atoms with Crippen molar-refractivity contribution in [1.82, 2.24) is 5.32 Å². The molecule has 0 saturated carbocycles. The molecule has 4 rings (SSSR count). The molecule has 0 aliphatic carbocycles. The number of amides is 1. The van der Waals surface area contributed by atoms with Gasteiger partial charge in [0.25, 0.3) is 5.91 Å². The first kappa shape index (κ1) is 15.3. The molecule has 0 bridgehead atoms. The van der Waals surface area contributed by atoms with Gasteiger partial charge in [0.2, 0.25) is 0 Å². The van der Waals surface area contributed by atoms with Crippen molar-refractivity contribution in [2.45, 2.75) is 6.54 Å². The third-order valence-electron chi connectivity index (χ3n) is 3.92. The Morgan fingerprint density at radius 3 is 2.68 bits per heavy atom. The number of ether oxygens (including phenoxy) is 2. The predicted molar refractivity (Wildman–Crippen MR) is 91.1 cm³/mol. The Morgan fingerprint density at radius 2 is 1.80 bits per heavy atom. The van der Waals surface area contributed by atoms with E-state index in [1.165, 1.54) is 6.07 Å².